The first-order valence-electron chi connectivity index (χ1n) is 23.0. The Kier molecular flexibility index (Phi) is 17.2. The standard InChI is InChI=1S/C54H58N4O10/c1-65-51(61)43-15-11-41(12-16-43)49(59)55-27-23-37(31-57-29-25-39-7-3-5-9-47(39)33-57)35-67-53(63)45-19-21-46(22-20-45)54(64)68-36-38(32-58-30-26-40-8-4-6-10-48(40)34-58)24-28-56-50(60)42-13-17-44(18-14-42)52(62)66-2/h3-22,37-38H,23-36H2,1-2H3,(H,55,59)(H,56,60). The third-order valence-electron chi connectivity index (χ3n) is 12.5. The average Bonchev–Trinajstić information content (AvgIpc) is 3.38. The van der Waals surface area contributed by atoms with E-state index < -0.39 is 23.9 Å². The first kappa shape index (κ1) is 48.8. The average molecular weight is 923 g/mol. The van der Waals surface area contributed by atoms with E-state index in [1.165, 1.54) is 36.5 Å². The molecule has 2 amide bonds. The van der Waals surface area contributed by atoms with E-state index in [0.29, 0.717) is 61.3 Å². The zero-order chi connectivity index (χ0) is 47.8. The monoisotopic (exact) mass is 922 g/mol. The molecule has 7 rings (SSSR count). The van der Waals surface area contributed by atoms with Crippen LogP contribution in [0.25, 0.3) is 0 Å². The van der Waals surface area contributed by atoms with E-state index in [4.69, 9.17) is 18.9 Å². The Morgan fingerprint density at radius 3 is 1.13 bits per heavy atom. The fraction of sp³-hybridized carbons (Fsp3) is 0.333. The zero-order valence-electron chi connectivity index (χ0n) is 38.6. The molecule has 2 aliphatic rings. The summed E-state index contributed by atoms with van der Waals surface area (Å²) in [6, 6.07) is 35.5. The summed E-state index contributed by atoms with van der Waals surface area (Å²) in [5.41, 5.74) is 7.30. The van der Waals surface area contributed by atoms with Crippen LogP contribution in [-0.2, 0) is 44.9 Å². The lowest BCUT2D eigenvalue weighted by atomic mass is 9.98. The Balaban J connectivity index is 0.928. The summed E-state index contributed by atoms with van der Waals surface area (Å²) in [5.74, 6) is -2.77. The maximum absolute atomic E-state index is 13.4. The number of methoxy groups -OCH3 is 2. The number of amides is 2. The lowest BCUT2D eigenvalue weighted by Gasteiger charge is -2.32. The Labute approximate surface area is 396 Å². The maximum atomic E-state index is 13.4. The van der Waals surface area contributed by atoms with Gasteiger partial charge >= 0.3 is 23.9 Å². The molecule has 5 aromatic rings. The predicted octanol–water partition coefficient (Wildman–Crippen LogP) is 6.56. The van der Waals surface area contributed by atoms with Crippen LogP contribution in [0.5, 0.6) is 0 Å². The van der Waals surface area contributed by atoms with Crippen molar-refractivity contribution in [3.05, 3.63) is 177 Å². The lowest BCUT2D eigenvalue weighted by Crippen LogP contribution is -2.37. The van der Waals surface area contributed by atoms with Crippen LogP contribution in [0, 0.1) is 11.8 Å². The summed E-state index contributed by atoms with van der Waals surface area (Å²) in [6.07, 6.45) is 2.93. The van der Waals surface area contributed by atoms with Crippen molar-refractivity contribution < 1.29 is 47.7 Å². The van der Waals surface area contributed by atoms with Crippen molar-refractivity contribution in [2.75, 3.05) is 66.7 Å². The molecule has 0 bridgehead atoms. The smallest absolute Gasteiger partial charge is 0.338 e. The van der Waals surface area contributed by atoms with Crippen molar-refractivity contribution in [2.45, 2.75) is 38.8 Å². The second-order valence-electron chi connectivity index (χ2n) is 17.2. The number of fused-ring (bicyclic) bond motifs is 2. The molecule has 0 saturated carbocycles. The second-order valence-corrected chi connectivity index (χ2v) is 17.2. The number of carbonyl (C=O) groups excluding carboxylic acids is 6. The van der Waals surface area contributed by atoms with E-state index in [0.717, 1.165) is 39.0 Å². The summed E-state index contributed by atoms with van der Waals surface area (Å²) in [7, 11) is 2.60. The summed E-state index contributed by atoms with van der Waals surface area (Å²) >= 11 is 0. The number of nitrogens with one attached hydrogen (secondary N) is 2. The first-order valence-corrected chi connectivity index (χ1v) is 23.0. The molecule has 0 radical (unpaired) electrons. The van der Waals surface area contributed by atoms with Gasteiger partial charge in [0.05, 0.1) is 49.7 Å². The summed E-state index contributed by atoms with van der Waals surface area (Å²) in [4.78, 5) is 81.1. The molecule has 2 N–H and O–H groups in total. The van der Waals surface area contributed by atoms with Gasteiger partial charge in [-0.3, -0.25) is 19.4 Å². The van der Waals surface area contributed by atoms with E-state index in [-0.39, 0.29) is 48.0 Å². The fourth-order valence-electron chi connectivity index (χ4n) is 8.64. The lowest BCUT2D eigenvalue weighted by molar-refractivity contribution is 0.0379. The topological polar surface area (TPSA) is 170 Å². The summed E-state index contributed by atoms with van der Waals surface area (Å²) < 4.78 is 21.3. The molecule has 14 heteroatoms. The van der Waals surface area contributed by atoms with Gasteiger partial charge in [-0.05, 0) is 121 Å². The van der Waals surface area contributed by atoms with Crippen molar-refractivity contribution in [1.82, 2.24) is 20.4 Å². The number of rotatable bonds is 20. The molecular weight excluding hydrogens is 865 g/mol. The molecule has 68 heavy (non-hydrogen) atoms. The van der Waals surface area contributed by atoms with Crippen molar-refractivity contribution in [3.63, 3.8) is 0 Å². The van der Waals surface area contributed by atoms with E-state index in [1.807, 2.05) is 12.1 Å². The molecule has 0 aromatic heterocycles. The SMILES string of the molecule is COC(=O)c1ccc(C(=O)NCCC(COC(=O)c2ccc(C(=O)OCC(CCNC(=O)c3ccc(C(=O)OC)cc3)CN3CCc4ccccc4C3)cc2)CN2CCc3ccccc3C2)cc1. The number of hydrogen-bond acceptors (Lipinski definition) is 12. The van der Waals surface area contributed by atoms with Gasteiger partial charge in [-0.1, -0.05) is 48.5 Å². The minimum absolute atomic E-state index is 0.0963. The molecule has 2 aliphatic heterocycles. The van der Waals surface area contributed by atoms with Gasteiger partial charge in [0.25, 0.3) is 11.8 Å². The second kappa shape index (κ2) is 24.0. The highest BCUT2D eigenvalue weighted by Crippen LogP contribution is 2.23. The van der Waals surface area contributed by atoms with Crippen LogP contribution in [0.3, 0.4) is 0 Å². The Hall–Kier alpha value is -7.16. The Morgan fingerprint density at radius 1 is 0.456 bits per heavy atom. The third-order valence-corrected chi connectivity index (χ3v) is 12.5. The minimum Gasteiger partial charge on any atom is -0.465 e. The van der Waals surface area contributed by atoms with Crippen molar-refractivity contribution >= 4 is 35.7 Å². The number of esters is 4. The first-order chi connectivity index (χ1) is 33.1. The van der Waals surface area contributed by atoms with Gasteiger partial charge in [-0.2, -0.15) is 0 Å². The van der Waals surface area contributed by atoms with Crippen LogP contribution in [0.4, 0.5) is 0 Å². The van der Waals surface area contributed by atoms with Crippen LogP contribution in [0.2, 0.25) is 0 Å². The maximum Gasteiger partial charge on any atom is 0.338 e. The summed E-state index contributed by atoms with van der Waals surface area (Å²) in [6.45, 7) is 5.51. The molecule has 2 heterocycles. The highest BCUT2D eigenvalue weighted by atomic mass is 16.5. The third kappa shape index (κ3) is 13.5. The Bertz CT molecular complexity index is 2370. The van der Waals surface area contributed by atoms with E-state index in [9.17, 15) is 28.8 Å². The molecule has 2 atom stereocenters. The van der Waals surface area contributed by atoms with Crippen molar-refractivity contribution in [1.29, 1.82) is 0 Å². The highest BCUT2D eigenvalue weighted by Gasteiger charge is 2.24. The Morgan fingerprint density at radius 2 is 0.779 bits per heavy atom. The quantitative estimate of drug-likeness (QED) is 0.0638. The molecule has 14 nitrogen and oxygen atoms in total. The molecule has 5 aromatic carbocycles. The van der Waals surface area contributed by atoms with E-state index >= 15 is 0 Å². The van der Waals surface area contributed by atoms with Crippen LogP contribution < -0.4 is 10.6 Å². The van der Waals surface area contributed by atoms with Crippen molar-refractivity contribution in [3.8, 4) is 0 Å². The highest BCUT2D eigenvalue weighted by molar-refractivity contribution is 5.97. The normalized spacial score (nSPS) is 14.3. The van der Waals surface area contributed by atoms with Gasteiger partial charge in [-0.15, -0.1) is 0 Å². The predicted molar refractivity (Wildman–Crippen MR) is 254 cm³/mol. The van der Waals surface area contributed by atoms with Gasteiger partial charge in [-0.25, -0.2) is 19.2 Å². The molecule has 0 spiro atoms. The molecule has 2 unspecified atom stereocenters. The number of hydrogen-bond donors (Lipinski definition) is 2. The van der Waals surface area contributed by atoms with Crippen LogP contribution in [0.1, 0.15) is 97.2 Å². The van der Waals surface area contributed by atoms with E-state index in [2.05, 4.69) is 56.8 Å². The number of carbonyl (C=O) groups is 6. The van der Waals surface area contributed by atoms with Crippen molar-refractivity contribution in [2.24, 2.45) is 11.8 Å². The van der Waals surface area contributed by atoms with Crippen LogP contribution in [0.15, 0.2) is 121 Å². The van der Waals surface area contributed by atoms with Crippen LogP contribution in [-0.4, -0.2) is 112 Å². The zero-order valence-corrected chi connectivity index (χ0v) is 38.6. The van der Waals surface area contributed by atoms with Gasteiger partial charge in [0, 0.05) is 75.3 Å². The molecule has 0 saturated heterocycles. The largest absolute Gasteiger partial charge is 0.465 e. The molecule has 354 valence electrons. The molecular formula is C54H58N4O10. The number of nitrogens with zero attached hydrogens (tertiary/aromatic N) is 2. The number of benzene rings is 5. The molecule has 0 aliphatic carbocycles. The van der Waals surface area contributed by atoms with Gasteiger partial charge in [0.15, 0.2) is 0 Å². The molecule has 0 fully saturated rings. The minimum atomic E-state index is -0.529. The summed E-state index contributed by atoms with van der Waals surface area (Å²) in [5, 5.41) is 5.92. The van der Waals surface area contributed by atoms with Gasteiger partial charge in [0.1, 0.15) is 0 Å². The fourth-order valence-corrected chi connectivity index (χ4v) is 8.64. The van der Waals surface area contributed by atoms with Gasteiger partial charge in [0.2, 0.25) is 0 Å². The van der Waals surface area contributed by atoms with E-state index in [1.54, 1.807) is 72.8 Å². The van der Waals surface area contributed by atoms with Crippen LogP contribution >= 0.6 is 0 Å². The van der Waals surface area contributed by atoms with Gasteiger partial charge < -0.3 is 29.6 Å². The number of ether oxygens (including phenoxy) is 4.